The van der Waals surface area contributed by atoms with Crippen LogP contribution < -0.4 is 0 Å². The first-order chi connectivity index (χ1) is 14.4. The molecule has 2 heterocycles. The summed E-state index contributed by atoms with van der Waals surface area (Å²) in [4.78, 5) is 0. The standard InChI is InChI=1S/C22H24ClNO6/c23-15-2-1-3-16-18(15)14(8-12-4-6-13(10-25)7-5-12)9-24(16)22-21(29)20(28)19(27)17(11-26)30-22/h1-7,9,17,19-22,25-29H,8,10-11H2/t17-,19-,20+,21-,22-/m1/s1. The monoisotopic (exact) mass is 433 g/mol. The zero-order valence-corrected chi connectivity index (χ0v) is 16.9. The molecule has 1 aromatic heterocycles. The molecule has 0 saturated carbocycles. The quantitative estimate of drug-likeness (QED) is 0.415. The van der Waals surface area contributed by atoms with Gasteiger partial charge in [-0.3, -0.25) is 0 Å². The van der Waals surface area contributed by atoms with E-state index in [-0.39, 0.29) is 6.61 Å². The highest BCUT2D eigenvalue weighted by atomic mass is 35.5. The van der Waals surface area contributed by atoms with Gasteiger partial charge in [0.15, 0.2) is 6.23 Å². The van der Waals surface area contributed by atoms with Crippen LogP contribution >= 0.6 is 11.6 Å². The van der Waals surface area contributed by atoms with E-state index in [0.717, 1.165) is 22.1 Å². The number of aliphatic hydroxyl groups excluding tert-OH is 5. The molecule has 1 aliphatic rings. The van der Waals surface area contributed by atoms with Crippen molar-refractivity contribution in [2.75, 3.05) is 6.61 Å². The van der Waals surface area contributed by atoms with Crippen LogP contribution in [0.15, 0.2) is 48.7 Å². The van der Waals surface area contributed by atoms with Gasteiger partial charge in [-0.25, -0.2) is 0 Å². The number of nitrogens with zero attached hydrogens (tertiary/aromatic N) is 1. The fourth-order valence-corrected chi connectivity index (χ4v) is 4.28. The lowest BCUT2D eigenvalue weighted by Gasteiger charge is -2.40. The Kier molecular flexibility index (Phi) is 6.13. The predicted molar refractivity (Wildman–Crippen MR) is 111 cm³/mol. The van der Waals surface area contributed by atoms with Crippen molar-refractivity contribution in [3.63, 3.8) is 0 Å². The second-order valence-corrected chi connectivity index (χ2v) is 7.97. The molecule has 3 aromatic rings. The minimum atomic E-state index is -1.47. The molecule has 0 spiro atoms. The van der Waals surface area contributed by atoms with Gasteiger partial charge in [-0.2, -0.15) is 0 Å². The van der Waals surface area contributed by atoms with Gasteiger partial charge in [-0.05, 0) is 35.2 Å². The SMILES string of the molecule is OCc1ccc(Cc2cn([C@@H]3O[C@H](CO)[C@@H](O)[C@H](O)[C@H]3O)c3cccc(Cl)c23)cc1. The zero-order chi connectivity index (χ0) is 21.4. The van der Waals surface area contributed by atoms with Crippen molar-refractivity contribution in [2.24, 2.45) is 0 Å². The van der Waals surface area contributed by atoms with Crippen LogP contribution in [0.25, 0.3) is 10.9 Å². The van der Waals surface area contributed by atoms with Crippen molar-refractivity contribution in [1.29, 1.82) is 0 Å². The van der Waals surface area contributed by atoms with Gasteiger partial charge >= 0.3 is 0 Å². The lowest BCUT2D eigenvalue weighted by Crippen LogP contribution is -2.56. The highest BCUT2D eigenvalue weighted by molar-refractivity contribution is 6.35. The molecule has 5 atom stereocenters. The third-order valence-corrected chi connectivity index (χ3v) is 5.94. The Morgan fingerprint density at radius 3 is 2.27 bits per heavy atom. The van der Waals surface area contributed by atoms with E-state index in [1.54, 1.807) is 16.7 Å². The number of hydrogen-bond acceptors (Lipinski definition) is 6. The summed E-state index contributed by atoms with van der Waals surface area (Å²) in [5.41, 5.74) is 3.43. The summed E-state index contributed by atoms with van der Waals surface area (Å²) in [6.07, 6.45) is -3.93. The van der Waals surface area contributed by atoms with Gasteiger partial charge in [0.1, 0.15) is 24.4 Å². The van der Waals surface area contributed by atoms with Crippen LogP contribution in [0.1, 0.15) is 22.9 Å². The second kappa shape index (κ2) is 8.64. The van der Waals surface area contributed by atoms with E-state index >= 15 is 0 Å². The Morgan fingerprint density at radius 1 is 0.900 bits per heavy atom. The molecular weight excluding hydrogens is 410 g/mol. The fourth-order valence-electron chi connectivity index (χ4n) is 3.99. The van der Waals surface area contributed by atoms with Gasteiger partial charge < -0.3 is 34.8 Å². The Morgan fingerprint density at radius 2 is 1.60 bits per heavy atom. The maximum Gasteiger partial charge on any atom is 0.163 e. The van der Waals surface area contributed by atoms with Crippen LogP contribution in [0.4, 0.5) is 0 Å². The molecule has 30 heavy (non-hydrogen) atoms. The molecule has 8 heteroatoms. The van der Waals surface area contributed by atoms with Crippen molar-refractivity contribution >= 4 is 22.5 Å². The molecule has 160 valence electrons. The molecule has 0 unspecified atom stereocenters. The maximum atomic E-state index is 10.6. The van der Waals surface area contributed by atoms with Crippen molar-refractivity contribution < 1.29 is 30.3 Å². The van der Waals surface area contributed by atoms with Crippen molar-refractivity contribution in [3.8, 4) is 0 Å². The molecule has 1 aliphatic heterocycles. The van der Waals surface area contributed by atoms with Gasteiger partial charge in [0.2, 0.25) is 0 Å². The summed E-state index contributed by atoms with van der Waals surface area (Å²) in [7, 11) is 0. The highest BCUT2D eigenvalue weighted by Gasteiger charge is 2.44. The average molecular weight is 434 g/mol. The first-order valence-corrected chi connectivity index (χ1v) is 10.1. The summed E-state index contributed by atoms with van der Waals surface area (Å²) >= 11 is 6.49. The molecular formula is C22H24ClNO6. The normalized spacial score (nSPS) is 26.9. The smallest absolute Gasteiger partial charge is 0.163 e. The minimum absolute atomic E-state index is 0.0253. The molecule has 2 aromatic carbocycles. The third-order valence-electron chi connectivity index (χ3n) is 5.63. The number of rotatable bonds is 5. The zero-order valence-electron chi connectivity index (χ0n) is 16.1. The van der Waals surface area contributed by atoms with Crippen LogP contribution in [0.5, 0.6) is 0 Å². The number of fused-ring (bicyclic) bond motifs is 1. The van der Waals surface area contributed by atoms with Crippen molar-refractivity contribution in [3.05, 3.63) is 70.4 Å². The third kappa shape index (κ3) is 3.74. The number of aliphatic hydroxyl groups is 5. The summed E-state index contributed by atoms with van der Waals surface area (Å²) < 4.78 is 7.42. The van der Waals surface area contributed by atoms with Crippen LogP contribution in [0.2, 0.25) is 5.02 Å². The van der Waals surface area contributed by atoms with Gasteiger partial charge in [0.05, 0.1) is 23.8 Å². The van der Waals surface area contributed by atoms with E-state index < -0.39 is 37.3 Å². The first kappa shape index (κ1) is 21.3. The van der Waals surface area contributed by atoms with E-state index in [9.17, 15) is 25.5 Å². The molecule has 0 aliphatic carbocycles. The Balaban J connectivity index is 1.76. The lowest BCUT2D eigenvalue weighted by atomic mass is 9.98. The summed E-state index contributed by atoms with van der Waals surface area (Å²) in [6, 6.07) is 13.0. The van der Waals surface area contributed by atoms with E-state index in [4.69, 9.17) is 16.3 Å². The van der Waals surface area contributed by atoms with Crippen LogP contribution in [-0.4, -0.2) is 61.1 Å². The lowest BCUT2D eigenvalue weighted by molar-refractivity contribution is -0.250. The van der Waals surface area contributed by atoms with E-state index in [1.807, 2.05) is 36.5 Å². The Labute approximate surface area is 178 Å². The number of ether oxygens (including phenoxy) is 1. The molecule has 1 fully saturated rings. The highest BCUT2D eigenvalue weighted by Crippen LogP contribution is 2.36. The summed E-state index contributed by atoms with van der Waals surface area (Å²) in [5, 5.41) is 50.9. The average Bonchev–Trinajstić information content (AvgIpc) is 3.12. The van der Waals surface area contributed by atoms with Crippen LogP contribution in [0.3, 0.4) is 0 Å². The molecule has 0 amide bonds. The maximum absolute atomic E-state index is 10.6. The molecule has 5 N–H and O–H groups in total. The van der Waals surface area contributed by atoms with Crippen molar-refractivity contribution in [1.82, 2.24) is 4.57 Å². The summed E-state index contributed by atoms with van der Waals surface area (Å²) in [6.45, 7) is -0.520. The van der Waals surface area contributed by atoms with Crippen molar-refractivity contribution in [2.45, 2.75) is 43.7 Å². The predicted octanol–water partition coefficient (Wildman–Crippen LogP) is 1.35. The van der Waals surface area contributed by atoms with Crippen LogP contribution in [0, 0.1) is 0 Å². The largest absolute Gasteiger partial charge is 0.394 e. The van der Waals surface area contributed by atoms with Gasteiger partial charge in [-0.15, -0.1) is 0 Å². The molecule has 1 saturated heterocycles. The van der Waals surface area contributed by atoms with Gasteiger partial charge in [0, 0.05) is 11.6 Å². The first-order valence-electron chi connectivity index (χ1n) is 9.71. The van der Waals surface area contributed by atoms with Crippen LogP contribution in [-0.2, 0) is 17.8 Å². The minimum Gasteiger partial charge on any atom is -0.394 e. The molecule has 0 bridgehead atoms. The number of benzene rings is 2. The van der Waals surface area contributed by atoms with Gasteiger partial charge in [0.25, 0.3) is 0 Å². The number of hydrogen-bond donors (Lipinski definition) is 5. The van der Waals surface area contributed by atoms with E-state index in [1.165, 1.54) is 0 Å². The number of halogens is 1. The van der Waals surface area contributed by atoms with E-state index in [2.05, 4.69) is 0 Å². The van der Waals surface area contributed by atoms with E-state index in [0.29, 0.717) is 17.0 Å². The molecule has 4 rings (SSSR count). The fraction of sp³-hybridized carbons (Fsp3) is 0.364. The molecule has 7 nitrogen and oxygen atoms in total. The molecule has 0 radical (unpaired) electrons. The Bertz CT molecular complexity index is 1020. The second-order valence-electron chi connectivity index (χ2n) is 7.57. The Hall–Kier alpha value is -1.97. The summed E-state index contributed by atoms with van der Waals surface area (Å²) in [5.74, 6) is 0. The van der Waals surface area contributed by atoms with Gasteiger partial charge in [-0.1, -0.05) is 41.9 Å². The topological polar surface area (TPSA) is 115 Å². The number of aromatic nitrogens is 1.